The summed E-state index contributed by atoms with van der Waals surface area (Å²) in [5.41, 5.74) is 1.81. The van der Waals surface area contributed by atoms with E-state index < -0.39 is 0 Å². The highest BCUT2D eigenvalue weighted by molar-refractivity contribution is 9.13. The minimum absolute atomic E-state index is 0.233. The molecule has 90 valence electrons. The van der Waals surface area contributed by atoms with Gasteiger partial charge in [0.25, 0.3) is 0 Å². The van der Waals surface area contributed by atoms with Gasteiger partial charge < -0.3 is 0 Å². The minimum atomic E-state index is -0.247. The Morgan fingerprint density at radius 3 is 2.53 bits per heavy atom. The van der Waals surface area contributed by atoms with E-state index in [0.29, 0.717) is 0 Å². The first-order valence-electron chi connectivity index (χ1n) is 4.84. The Morgan fingerprint density at radius 2 is 2.00 bits per heavy atom. The topological polar surface area (TPSA) is 0 Å². The molecule has 1 aromatic heterocycles. The fraction of sp³-hybridized carbons (Fsp3) is 0.167. The molecule has 0 saturated heterocycles. The molecule has 1 unspecified atom stereocenters. The first-order chi connectivity index (χ1) is 7.99. The lowest BCUT2D eigenvalue weighted by Gasteiger charge is -2.10. The number of hydrogen-bond donors (Lipinski definition) is 0. The van der Waals surface area contributed by atoms with E-state index in [-0.39, 0.29) is 11.2 Å². The van der Waals surface area contributed by atoms with E-state index in [2.05, 4.69) is 31.9 Å². The molecule has 1 aromatic carbocycles. The van der Waals surface area contributed by atoms with Gasteiger partial charge in [0.15, 0.2) is 0 Å². The monoisotopic (exact) mass is 396 g/mol. The lowest BCUT2D eigenvalue weighted by Crippen LogP contribution is -1.94. The van der Waals surface area contributed by atoms with Crippen molar-refractivity contribution in [3.8, 4) is 0 Å². The average molecular weight is 399 g/mol. The van der Waals surface area contributed by atoms with Crippen LogP contribution in [0.3, 0.4) is 0 Å². The van der Waals surface area contributed by atoms with Crippen molar-refractivity contribution in [3.05, 3.63) is 54.3 Å². The highest BCUT2D eigenvalue weighted by Crippen LogP contribution is 2.41. The largest absolute Gasteiger partial charge is 0.207 e. The fourth-order valence-electron chi connectivity index (χ4n) is 1.56. The van der Waals surface area contributed by atoms with Crippen LogP contribution in [0, 0.1) is 12.7 Å². The summed E-state index contributed by atoms with van der Waals surface area (Å²) in [6.07, 6.45) is 0. The molecule has 17 heavy (non-hydrogen) atoms. The molecule has 0 aliphatic rings. The normalized spacial score (nSPS) is 12.8. The van der Waals surface area contributed by atoms with Crippen LogP contribution in [0.25, 0.3) is 0 Å². The molecule has 0 bridgehead atoms. The summed E-state index contributed by atoms with van der Waals surface area (Å²) in [6, 6.07) is 6.66. The highest BCUT2D eigenvalue weighted by atomic mass is 79.9. The number of rotatable bonds is 2. The predicted molar refractivity (Wildman–Crippen MR) is 78.6 cm³/mol. The first kappa shape index (κ1) is 13.5. The van der Waals surface area contributed by atoms with Crippen molar-refractivity contribution in [2.75, 3.05) is 0 Å². The van der Waals surface area contributed by atoms with Gasteiger partial charge in [-0.05, 0) is 68.1 Å². The van der Waals surface area contributed by atoms with Gasteiger partial charge in [0.2, 0.25) is 0 Å². The van der Waals surface area contributed by atoms with Gasteiger partial charge >= 0.3 is 0 Å². The second-order valence-corrected chi connectivity index (χ2v) is 7.33. The molecule has 1 atom stereocenters. The van der Waals surface area contributed by atoms with E-state index in [1.807, 2.05) is 13.0 Å². The number of thiophene rings is 1. The zero-order valence-corrected chi connectivity index (χ0v) is 13.6. The van der Waals surface area contributed by atoms with Crippen molar-refractivity contribution in [2.45, 2.75) is 12.3 Å². The lowest BCUT2D eigenvalue weighted by molar-refractivity contribution is 0.625. The van der Waals surface area contributed by atoms with Crippen molar-refractivity contribution in [1.82, 2.24) is 0 Å². The van der Waals surface area contributed by atoms with Gasteiger partial charge in [-0.3, -0.25) is 0 Å². The van der Waals surface area contributed by atoms with Gasteiger partial charge in [0.05, 0.1) is 9.16 Å². The van der Waals surface area contributed by atoms with Crippen LogP contribution < -0.4 is 0 Å². The third-order valence-corrected chi connectivity index (χ3v) is 6.34. The van der Waals surface area contributed by atoms with Crippen LogP contribution in [-0.2, 0) is 0 Å². The Kier molecular flexibility index (Phi) is 4.29. The van der Waals surface area contributed by atoms with Crippen LogP contribution in [0.4, 0.5) is 4.39 Å². The summed E-state index contributed by atoms with van der Waals surface area (Å²) in [5.74, 6) is -0.233. The summed E-state index contributed by atoms with van der Waals surface area (Å²) in [6.45, 7) is 1.87. The molecule has 2 aromatic rings. The maximum absolute atomic E-state index is 13.0. The first-order valence-corrected chi connectivity index (χ1v) is 7.68. The molecule has 1 heterocycles. The number of halogens is 4. The van der Waals surface area contributed by atoms with Gasteiger partial charge in [-0.15, -0.1) is 22.9 Å². The number of hydrogen-bond acceptors (Lipinski definition) is 1. The molecule has 0 aliphatic carbocycles. The molecular formula is C12H8Br2ClFS. The Balaban J connectivity index is 2.39. The third kappa shape index (κ3) is 2.92. The Hall–Kier alpha value is 0.1000. The number of benzene rings is 1. The van der Waals surface area contributed by atoms with E-state index in [9.17, 15) is 4.39 Å². The van der Waals surface area contributed by atoms with E-state index in [1.165, 1.54) is 12.1 Å². The maximum atomic E-state index is 13.0. The van der Waals surface area contributed by atoms with E-state index in [1.54, 1.807) is 17.4 Å². The van der Waals surface area contributed by atoms with Crippen molar-refractivity contribution < 1.29 is 4.39 Å². The molecule has 0 amide bonds. The van der Waals surface area contributed by atoms with Crippen LogP contribution in [-0.4, -0.2) is 0 Å². The molecule has 0 spiro atoms. The summed E-state index contributed by atoms with van der Waals surface area (Å²) < 4.78 is 15.0. The van der Waals surface area contributed by atoms with Gasteiger partial charge in [-0.2, -0.15) is 0 Å². The van der Waals surface area contributed by atoms with Crippen LogP contribution in [0.1, 0.15) is 21.4 Å². The Labute approximate surface area is 125 Å². The van der Waals surface area contributed by atoms with Gasteiger partial charge in [-0.25, -0.2) is 4.39 Å². The molecule has 2 rings (SSSR count). The molecule has 0 fully saturated rings. The summed E-state index contributed by atoms with van der Waals surface area (Å²) in [4.78, 5) is 1.03. The van der Waals surface area contributed by atoms with Crippen molar-refractivity contribution in [3.63, 3.8) is 0 Å². The average Bonchev–Trinajstić information content (AvgIpc) is 2.58. The van der Waals surface area contributed by atoms with E-state index in [4.69, 9.17) is 11.6 Å². The van der Waals surface area contributed by atoms with Crippen molar-refractivity contribution >= 4 is 54.8 Å². The minimum Gasteiger partial charge on any atom is -0.207 e. The third-order valence-electron chi connectivity index (χ3n) is 2.42. The van der Waals surface area contributed by atoms with Crippen molar-refractivity contribution in [1.29, 1.82) is 0 Å². The SMILES string of the molecule is Cc1cc(F)ccc1C(Cl)c1cc(Br)c(Br)s1. The molecule has 0 nitrogen and oxygen atoms in total. The summed E-state index contributed by atoms with van der Waals surface area (Å²) >= 11 is 14.9. The Bertz CT molecular complexity index is 534. The van der Waals surface area contributed by atoms with Gasteiger partial charge in [0, 0.05) is 9.35 Å². The lowest BCUT2D eigenvalue weighted by atomic mass is 10.0. The van der Waals surface area contributed by atoms with Crippen LogP contribution in [0.15, 0.2) is 32.5 Å². The van der Waals surface area contributed by atoms with Crippen LogP contribution in [0.2, 0.25) is 0 Å². The highest BCUT2D eigenvalue weighted by Gasteiger charge is 2.17. The van der Waals surface area contributed by atoms with Crippen LogP contribution in [0.5, 0.6) is 0 Å². The molecular weight excluding hydrogens is 390 g/mol. The molecule has 0 aliphatic heterocycles. The van der Waals surface area contributed by atoms with E-state index in [0.717, 1.165) is 24.3 Å². The zero-order chi connectivity index (χ0) is 12.6. The van der Waals surface area contributed by atoms with E-state index >= 15 is 0 Å². The van der Waals surface area contributed by atoms with Crippen molar-refractivity contribution in [2.24, 2.45) is 0 Å². The van der Waals surface area contributed by atoms with Gasteiger partial charge in [-0.1, -0.05) is 6.07 Å². The smallest absolute Gasteiger partial charge is 0.123 e. The standard InChI is InChI=1S/C12H8Br2ClFS/c1-6-4-7(16)2-3-8(6)11(15)10-5-9(13)12(14)17-10/h2-5,11H,1H3. The summed E-state index contributed by atoms with van der Waals surface area (Å²) in [5, 5.41) is -0.247. The maximum Gasteiger partial charge on any atom is 0.123 e. The number of aryl methyl sites for hydroxylation is 1. The molecule has 0 saturated carbocycles. The number of alkyl halides is 1. The molecule has 5 heteroatoms. The molecule has 0 radical (unpaired) electrons. The fourth-order valence-corrected chi connectivity index (χ4v) is 4.09. The molecule has 0 N–H and O–H groups in total. The summed E-state index contributed by atoms with van der Waals surface area (Å²) in [7, 11) is 0. The van der Waals surface area contributed by atoms with Gasteiger partial charge in [0.1, 0.15) is 5.82 Å². The quantitative estimate of drug-likeness (QED) is 0.540. The second kappa shape index (κ2) is 5.39. The zero-order valence-electron chi connectivity index (χ0n) is 8.81. The predicted octanol–water partition coefficient (Wildman–Crippen LogP) is 6.05. The van der Waals surface area contributed by atoms with Crippen LogP contribution >= 0.6 is 54.8 Å². The second-order valence-electron chi connectivity index (χ2n) is 3.63. The Morgan fingerprint density at radius 1 is 1.29 bits per heavy atom.